The standard InChI is InChI=1S/C20H20ClN7O3/c21-11-1-2-14-15(7-11)27(10-22-14)19-24-17(26-8-13(29)9-26)16-18(25-19)28(20(30)23-16)12-3-5-31-6-4-12/h1-2,7,10,12-13,29H,3-6,8-9H2,(H,23,30). The number of anilines is 1. The Labute approximate surface area is 181 Å². The number of halogens is 1. The molecular weight excluding hydrogens is 422 g/mol. The van der Waals surface area contributed by atoms with Gasteiger partial charge in [0.25, 0.3) is 0 Å². The largest absolute Gasteiger partial charge is 0.389 e. The Bertz CT molecular complexity index is 1350. The van der Waals surface area contributed by atoms with Crippen molar-refractivity contribution >= 4 is 39.6 Å². The predicted molar refractivity (Wildman–Crippen MR) is 115 cm³/mol. The maximum Gasteiger partial charge on any atom is 0.328 e. The molecule has 0 amide bonds. The number of hydrogen-bond donors (Lipinski definition) is 2. The van der Waals surface area contributed by atoms with E-state index in [0.717, 1.165) is 23.9 Å². The van der Waals surface area contributed by atoms with Gasteiger partial charge in [-0.2, -0.15) is 9.97 Å². The summed E-state index contributed by atoms with van der Waals surface area (Å²) in [6.07, 6.45) is 2.73. The Morgan fingerprint density at radius 1 is 1.19 bits per heavy atom. The number of ether oxygens (including phenoxy) is 1. The highest BCUT2D eigenvalue weighted by molar-refractivity contribution is 6.31. The number of aliphatic hydroxyl groups is 1. The summed E-state index contributed by atoms with van der Waals surface area (Å²) in [5.41, 5.74) is 2.45. The number of aliphatic hydroxyl groups excluding tert-OH is 1. The fourth-order valence-corrected chi connectivity index (χ4v) is 4.53. The van der Waals surface area contributed by atoms with Crippen LogP contribution >= 0.6 is 11.6 Å². The second-order valence-electron chi connectivity index (χ2n) is 8.00. The zero-order chi connectivity index (χ0) is 21.1. The van der Waals surface area contributed by atoms with Gasteiger partial charge in [-0.1, -0.05) is 11.6 Å². The average Bonchev–Trinajstić information content (AvgIpc) is 3.31. The first-order valence-corrected chi connectivity index (χ1v) is 10.6. The molecule has 0 spiro atoms. The first-order chi connectivity index (χ1) is 15.1. The Morgan fingerprint density at radius 2 is 2.00 bits per heavy atom. The minimum atomic E-state index is -0.411. The summed E-state index contributed by atoms with van der Waals surface area (Å²) in [5.74, 6) is 0.991. The molecule has 160 valence electrons. The molecule has 31 heavy (non-hydrogen) atoms. The van der Waals surface area contributed by atoms with E-state index in [-0.39, 0.29) is 11.7 Å². The summed E-state index contributed by atoms with van der Waals surface area (Å²) in [5, 5.41) is 10.4. The van der Waals surface area contributed by atoms with Crippen LogP contribution < -0.4 is 10.6 Å². The summed E-state index contributed by atoms with van der Waals surface area (Å²) >= 11 is 6.21. The number of β-amino-alcohol motifs (C(OH)–C–C–N with tert-alkyl or cyclic N) is 1. The summed E-state index contributed by atoms with van der Waals surface area (Å²) in [6, 6.07) is 5.44. The molecule has 0 aliphatic carbocycles. The van der Waals surface area contributed by atoms with Crippen molar-refractivity contribution in [1.29, 1.82) is 0 Å². The highest BCUT2D eigenvalue weighted by atomic mass is 35.5. The summed E-state index contributed by atoms with van der Waals surface area (Å²) in [4.78, 5) is 31.8. The molecule has 6 rings (SSSR count). The number of hydrogen-bond acceptors (Lipinski definition) is 7. The van der Waals surface area contributed by atoms with Crippen molar-refractivity contribution in [3.05, 3.63) is 40.0 Å². The summed E-state index contributed by atoms with van der Waals surface area (Å²) < 4.78 is 8.96. The van der Waals surface area contributed by atoms with Gasteiger partial charge in [0.05, 0.1) is 17.1 Å². The zero-order valence-electron chi connectivity index (χ0n) is 16.5. The van der Waals surface area contributed by atoms with Gasteiger partial charge in [0.1, 0.15) is 11.8 Å². The van der Waals surface area contributed by atoms with Gasteiger partial charge in [0, 0.05) is 37.4 Å². The molecule has 5 heterocycles. The Morgan fingerprint density at radius 3 is 2.77 bits per heavy atom. The lowest BCUT2D eigenvalue weighted by molar-refractivity contribution is 0.0697. The molecule has 1 aromatic carbocycles. The third-order valence-electron chi connectivity index (χ3n) is 5.98. The summed E-state index contributed by atoms with van der Waals surface area (Å²) in [6.45, 7) is 2.12. The fraction of sp³-hybridized carbons (Fsp3) is 0.400. The van der Waals surface area contributed by atoms with E-state index in [2.05, 4.69) is 9.97 Å². The molecule has 2 N–H and O–H groups in total. The molecule has 10 nitrogen and oxygen atoms in total. The lowest BCUT2D eigenvalue weighted by atomic mass is 10.1. The monoisotopic (exact) mass is 441 g/mol. The minimum absolute atomic E-state index is 0.00144. The molecular formula is C20H20ClN7O3. The molecule has 0 saturated carbocycles. The van der Waals surface area contributed by atoms with Gasteiger partial charge in [0.15, 0.2) is 11.5 Å². The first kappa shape index (κ1) is 18.8. The lowest BCUT2D eigenvalue weighted by Gasteiger charge is -2.37. The average molecular weight is 442 g/mol. The number of imidazole rings is 2. The zero-order valence-corrected chi connectivity index (χ0v) is 17.3. The molecule has 2 fully saturated rings. The summed E-state index contributed by atoms with van der Waals surface area (Å²) in [7, 11) is 0. The highest BCUT2D eigenvalue weighted by Gasteiger charge is 2.31. The van der Waals surface area contributed by atoms with E-state index < -0.39 is 6.10 Å². The number of nitrogens with zero attached hydrogens (tertiary/aromatic N) is 6. The minimum Gasteiger partial charge on any atom is -0.389 e. The van der Waals surface area contributed by atoms with Crippen LogP contribution in [0.25, 0.3) is 28.1 Å². The molecule has 0 unspecified atom stereocenters. The van der Waals surface area contributed by atoms with Crippen LogP contribution in [0.4, 0.5) is 5.82 Å². The van der Waals surface area contributed by atoms with E-state index in [1.54, 1.807) is 21.5 Å². The van der Waals surface area contributed by atoms with Crippen LogP contribution in [-0.2, 0) is 4.74 Å². The first-order valence-electron chi connectivity index (χ1n) is 10.2. The predicted octanol–water partition coefficient (Wildman–Crippen LogP) is 1.64. The molecule has 2 aliphatic rings. The van der Waals surface area contributed by atoms with Gasteiger partial charge in [0.2, 0.25) is 5.95 Å². The smallest absolute Gasteiger partial charge is 0.328 e. The van der Waals surface area contributed by atoms with Crippen LogP contribution in [-0.4, -0.2) is 66.6 Å². The van der Waals surface area contributed by atoms with Crippen LogP contribution in [0.15, 0.2) is 29.3 Å². The topological polar surface area (TPSA) is 114 Å². The van der Waals surface area contributed by atoms with Crippen molar-refractivity contribution in [3.8, 4) is 5.95 Å². The Kier molecular flexibility index (Phi) is 4.27. The van der Waals surface area contributed by atoms with E-state index in [1.807, 2.05) is 17.0 Å². The molecule has 2 aliphatic heterocycles. The molecule has 4 aromatic rings. The van der Waals surface area contributed by atoms with Crippen LogP contribution in [0.2, 0.25) is 5.02 Å². The Balaban J connectivity index is 1.59. The second-order valence-corrected chi connectivity index (χ2v) is 8.43. The van der Waals surface area contributed by atoms with Gasteiger partial charge in [-0.15, -0.1) is 0 Å². The quantitative estimate of drug-likeness (QED) is 0.496. The van der Waals surface area contributed by atoms with Crippen molar-refractivity contribution in [1.82, 2.24) is 29.1 Å². The van der Waals surface area contributed by atoms with Gasteiger partial charge in [-0.3, -0.25) is 9.13 Å². The molecule has 3 aromatic heterocycles. The van der Waals surface area contributed by atoms with E-state index in [0.29, 0.717) is 54.3 Å². The van der Waals surface area contributed by atoms with Crippen molar-refractivity contribution in [3.63, 3.8) is 0 Å². The number of rotatable bonds is 3. The molecule has 0 radical (unpaired) electrons. The molecule has 0 bridgehead atoms. The molecule has 11 heteroatoms. The normalized spacial score (nSPS) is 18.2. The number of aromatic nitrogens is 6. The van der Waals surface area contributed by atoms with Crippen molar-refractivity contribution < 1.29 is 9.84 Å². The third-order valence-corrected chi connectivity index (χ3v) is 6.22. The Hall–Kier alpha value is -2.95. The van der Waals surface area contributed by atoms with E-state index in [4.69, 9.17) is 26.3 Å². The van der Waals surface area contributed by atoms with E-state index >= 15 is 0 Å². The van der Waals surface area contributed by atoms with E-state index in [9.17, 15) is 9.90 Å². The third kappa shape index (κ3) is 3.01. The fourth-order valence-electron chi connectivity index (χ4n) is 4.36. The van der Waals surface area contributed by atoms with Crippen molar-refractivity contribution in [2.45, 2.75) is 25.0 Å². The number of H-pyrrole nitrogens is 1. The molecule has 2 saturated heterocycles. The number of nitrogens with one attached hydrogen (secondary N) is 1. The van der Waals surface area contributed by atoms with Gasteiger partial charge >= 0.3 is 5.69 Å². The van der Waals surface area contributed by atoms with Gasteiger partial charge in [-0.05, 0) is 31.0 Å². The lowest BCUT2D eigenvalue weighted by Crippen LogP contribution is -2.51. The van der Waals surface area contributed by atoms with Crippen molar-refractivity contribution in [2.75, 3.05) is 31.2 Å². The maximum absolute atomic E-state index is 12.9. The van der Waals surface area contributed by atoms with Crippen LogP contribution in [0.1, 0.15) is 18.9 Å². The van der Waals surface area contributed by atoms with Crippen molar-refractivity contribution in [2.24, 2.45) is 0 Å². The van der Waals surface area contributed by atoms with Gasteiger partial charge < -0.3 is 19.7 Å². The van der Waals surface area contributed by atoms with Crippen LogP contribution in [0.5, 0.6) is 0 Å². The highest BCUT2D eigenvalue weighted by Crippen LogP contribution is 2.30. The second kappa shape index (κ2) is 7.04. The molecule has 0 atom stereocenters. The number of fused-ring (bicyclic) bond motifs is 2. The van der Waals surface area contributed by atoms with E-state index in [1.165, 1.54) is 0 Å². The number of benzene rings is 1. The number of aromatic amines is 1. The maximum atomic E-state index is 12.9. The SMILES string of the molecule is O=c1[nH]c2c(N3CC(O)C3)nc(-n3cnc4ccc(Cl)cc43)nc2n1C1CCOCC1. The van der Waals surface area contributed by atoms with Gasteiger partial charge in [-0.25, -0.2) is 9.78 Å². The van der Waals surface area contributed by atoms with Crippen LogP contribution in [0, 0.1) is 0 Å². The van der Waals surface area contributed by atoms with Crippen LogP contribution in [0.3, 0.4) is 0 Å².